The van der Waals surface area contributed by atoms with Crippen LogP contribution < -0.4 is 11.2 Å². The molecule has 0 unspecified atom stereocenters. The summed E-state index contributed by atoms with van der Waals surface area (Å²) < 4.78 is 1.37. The normalized spacial score (nSPS) is 20.0. The minimum atomic E-state index is -0.549. The molecule has 7 nitrogen and oxygen atoms in total. The van der Waals surface area contributed by atoms with Gasteiger partial charge in [0.15, 0.2) is 0 Å². The molecule has 1 aromatic rings. The van der Waals surface area contributed by atoms with Gasteiger partial charge in [0.05, 0.1) is 5.71 Å². The summed E-state index contributed by atoms with van der Waals surface area (Å²) in [4.78, 5) is 27.1. The van der Waals surface area contributed by atoms with Crippen molar-refractivity contribution < 1.29 is 5.11 Å². The van der Waals surface area contributed by atoms with E-state index in [4.69, 9.17) is 0 Å². The van der Waals surface area contributed by atoms with Crippen LogP contribution in [-0.4, -0.2) is 38.5 Å². The first-order valence-electron chi connectivity index (χ1n) is 9.52. The Labute approximate surface area is 147 Å². The van der Waals surface area contributed by atoms with E-state index in [1.54, 1.807) is 0 Å². The number of nitrogens with zero attached hydrogens (tertiary/aromatic N) is 3. The average molecular weight is 348 g/mol. The summed E-state index contributed by atoms with van der Waals surface area (Å²) in [7, 11) is 0. The molecule has 1 saturated heterocycles. The molecule has 2 fully saturated rings. The Bertz CT molecular complexity index is 738. The molecule has 1 aliphatic heterocycles. The van der Waals surface area contributed by atoms with Crippen molar-refractivity contribution in [2.45, 2.75) is 70.8 Å². The lowest BCUT2D eigenvalue weighted by Crippen LogP contribution is -2.37. The number of hydrogen-bond acceptors (Lipinski definition) is 5. The van der Waals surface area contributed by atoms with Crippen LogP contribution in [0.25, 0.3) is 0 Å². The second-order valence-corrected chi connectivity index (χ2v) is 7.03. The van der Waals surface area contributed by atoms with Crippen LogP contribution in [0.15, 0.2) is 14.7 Å². The van der Waals surface area contributed by atoms with Crippen LogP contribution in [-0.2, 0) is 0 Å². The number of aromatic nitrogens is 2. The average Bonchev–Trinajstić information content (AvgIpc) is 2.62. The van der Waals surface area contributed by atoms with Crippen molar-refractivity contribution in [1.29, 1.82) is 0 Å². The molecule has 1 saturated carbocycles. The highest BCUT2D eigenvalue weighted by Crippen LogP contribution is 2.30. The zero-order chi connectivity index (χ0) is 17.8. The van der Waals surface area contributed by atoms with Crippen molar-refractivity contribution >= 4 is 5.71 Å². The molecule has 0 atom stereocenters. The summed E-state index contributed by atoms with van der Waals surface area (Å²) >= 11 is 0. The molecule has 0 amide bonds. The van der Waals surface area contributed by atoms with Crippen molar-refractivity contribution in [1.82, 2.24) is 14.6 Å². The molecule has 2 aliphatic rings. The Morgan fingerprint density at radius 3 is 2.40 bits per heavy atom. The molecule has 0 bridgehead atoms. The second kappa shape index (κ2) is 7.89. The van der Waals surface area contributed by atoms with Crippen LogP contribution >= 0.6 is 0 Å². The van der Waals surface area contributed by atoms with Crippen LogP contribution in [0.1, 0.15) is 76.3 Å². The molecule has 0 spiro atoms. The van der Waals surface area contributed by atoms with E-state index in [-0.39, 0.29) is 17.5 Å². The van der Waals surface area contributed by atoms with Crippen molar-refractivity contribution in [3.05, 3.63) is 26.4 Å². The van der Waals surface area contributed by atoms with E-state index < -0.39 is 11.2 Å². The maximum Gasteiger partial charge on any atom is 0.331 e. The molecule has 1 aromatic heterocycles. The van der Waals surface area contributed by atoms with Crippen molar-refractivity contribution in [3.8, 4) is 5.88 Å². The number of rotatable bonds is 4. The maximum atomic E-state index is 12.4. The van der Waals surface area contributed by atoms with E-state index in [2.05, 4.69) is 10.1 Å². The van der Waals surface area contributed by atoms with E-state index in [0.29, 0.717) is 12.1 Å². The van der Waals surface area contributed by atoms with E-state index >= 15 is 0 Å². The largest absolute Gasteiger partial charge is 0.494 e. The highest BCUT2D eigenvalue weighted by Gasteiger charge is 2.25. The lowest BCUT2D eigenvalue weighted by molar-refractivity contribution is 0.238. The molecule has 0 radical (unpaired) electrons. The van der Waals surface area contributed by atoms with Gasteiger partial charge in [0.25, 0.3) is 5.56 Å². The van der Waals surface area contributed by atoms with E-state index in [1.807, 2.05) is 11.9 Å². The summed E-state index contributed by atoms with van der Waals surface area (Å²) in [6.45, 7) is 3.65. The fraction of sp³-hybridized carbons (Fsp3) is 0.722. The SMILES string of the molecule is CC/C(=N\N1CCCCC1)c1c(O)n(C2CCCCC2)c(=O)[nH]c1=O. The van der Waals surface area contributed by atoms with Crippen molar-refractivity contribution in [3.63, 3.8) is 0 Å². The standard InChI is InChI=1S/C18H28N4O3/c1-2-14(20-21-11-7-4-8-12-21)15-16(23)19-18(25)22(17(15)24)13-9-5-3-6-10-13/h13,24H,2-12H2,1H3,(H,19,23,25)/b20-14+. The van der Waals surface area contributed by atoms with Crippen molar-refractivity contribution in [2.24, 2.45) is 5.10 Å². The van der Waals surface area contributed by atoms with Crippen LogP contribution in [0.3, 0.4) is 0 Å². The molecule has 2 heterocycles. The van der Waals surface area contributed by atoms with Gasteiger partial charge >= 0.3 is 5.69 Å². The van der Waals surface area contributed by atoms with Gasteiger partial charge in [-0.1, -0.05) is 26.2 Å². The number of aromatic amines is 1. The van der Waals surface area contributed by atoms with Gasteiger partial charge in [-0.25, -0.2) is 4.79 Å². The monoisotopic (exact) mass is 348 g/mol. The Morgan fingerprint density at radius 1 is 1.12 bits per heavy atom. The molecule has 7 heteroatoms. The molecule has 1 aliphatic carbocycles. The number of nitrogens with one attached hydrogen (secondary N) is 1. The van der Waals surface area contributed by atoms with Gasteiger partial charge < -0.3 is 5.11 Å². The highest BCUT2D eigenvalue weighted by molar-refractivity contribution is 6.01. The van der Waals surface area contributed by atoms with Gasteiger partial charge in [-0.3, -0.25) is 19.4 Å². The van der Waals surface area contributed by atoms with Crippen LogP contribution in [0, 0.1) is 0 Å². The zero-order valence-corrected chi connectivity index (χ0v) is 15.0. The van der Waals surface area contributed by atoms with Gasteiger partial charge in [-0.15, -0.1) is 0 Å². The Hall–Kier alpha value is -2.05. The number of H-pyrrole nitrogens is 1. The number of hydrazone groups is 1. The lowest BCUT2D eigenvalue weighted by atomic mass is 9.95. The van der Waals surface area contributed by atoms with Crippen LogP contribution in [0.5, 0.6) is 5.88 Å². The Balaban J connectivity index is 2.03. The van der Waals surface area contributed by atoms with E-state index in [0.717, 1.165) is 58.0 Å². The zero-order valence-electron chi connectivity index (χ0n) is 15.0. The first-order chi connectivity index (χ1) is 12.1. The van der Waals surface area contributed by atoms with E-state index in [1.165, 1.54) is 11.0 Å². The molecule has 3 rings (SSSR count). The van der Waals surface area contributed by atoms with Gasteiger partial charge in [0, 0.05) is 19.1 Å². The molecular weight excluding hydrogens is 320 g/mol. The molecule has 138 valence electrons. The van der Waals surface area contributed by atoms with Gasteiger partial charge in [-0.05, 0) is 38.5 Å². The number of aromatic hydroxyl groups is 1. The summed E-state index contributed by atoms with van der Waals surface area (Å²) in [5.41, 5.74) is -0.373. The topological polar surface area (TPSA) is 90.7 Å². The van der Waals surface area contributed by atoms with Gasteiger partial charge in [0.2, 0.25) is 5.88 Å². The summed E-state index contributed by atoms with van der Waals surface area (Å²) in [6.07, 6.45) is 8.82. The lowest BCUT2D eigenvalue weighted by Gasteiger charge is -2.26. The molecule has 25 heavy (non-hydrogen) atoms. The summed E-state index contributed by atoms with van der Waals surface area (Å²) in [5.74, 6) is -0.224. The molecular formula is C18H28N4O3. The fourth-order valence-electron chi connectivity index (χ4n) is 3.92. The van der Waals surface area contributed by atoms with Crippen molar-refractivity contribution in [2.75, 3.05) is 13.1 Å². The first kappa shape index (κ1) is 17.8. The van der Waals surface area contributed by atoms with Gasteiger partial charge in [-0.2, -0.15) is 5.10 Å². The quantitative estimate of drug-likeness (QED) is 0.817. The summed E-state index contributed by atoms with van der Waals surface area (Å²) in [5, 5.41) is 17.4. The predicted molar refractivity (Wildman–Crippen MR) is 97.4 cm³/mol. The molecule has 2 N–H and O–H groups in total. The summed E-state index contributed by atoms with van der Waals surface area (Å²) in [6, 6.07) is -0.0510. The third kappa shape index (κ3) is 3.80. The van der Waals surface area contributed by atoms with Crippen LogP contribution in [0.2, 0.25) is 0 Å². The first-order valence-corrected chi connectivity index (χ1v) is 9.52. The highest BCUT2D eigenvalue weighted by atomic mass is 16.3. The Morgan fingerprint density at radius 2 is 1.76 bits per heavy atom. The minimum absolute atomic E-state index is 0.0510. The third-order valence-electron chi connectivity index (χ3n) is 5.28. The van der Waals surface area contributed by atoms with E-state index in [9.17, 15) is 14.7 Å². The van der Waals surface area contributed by atoms with Gasteiger partial charge in [0.1, 0.15) is 5.56 Å². The second-order valence-electron chi connectivity index (χ2n) is 7.03. The molecule has 0 aromatic carbocycles. The third-order valence-corrected chi connectivity index (χ3v) is 5.28. The fourth-order valence-corrected chi connectivity index (χ4v) is 3.92. The minimum Gasteiger partial charge on any atom is -0.494 e. The predicted octanol–water partition coefficient (Wildman–Crippen LogP) is 2.35. The maximum absolute atomic E-state index is 12.4. The Kier molecular flexibility index (Phi) is 5.60. The number of hydrogen-bond donors (Lipinski definition) is 2. The van der Waals surface area contributed by atoms with Crippen LogP contribution in [0.4, 0.5) is 0 Å². The smallest absolute Gasteiger partial charge is 0.331 e. The number of piperidine rings is 1.